The van der Waals surface area contributed by atoms with Crippen LogP contribution in [-0.2, 0) is 0 Å². The maximum Gasteiger partial charge on any atom is 0.321 e. The topological polar surface area (TPSA) is 55.8 Å². The molecule has 2 aromatic rings. The molecule has 0 radical (unpaired) electrons. The minimum Gasteiger partial charge on any atom is -0.395 e. The van der Waals surface area contributed by atoms with Gasteiger partial charge in [-0.1, -0.05) is 56.0 Å². The van der Waals surface area contributed by atoms with E-state index in [0.29, 0.717) is 12.5 Å². The fraction of sp³-hybridized carbons (Fsp3) is 0.464. The lowest BCUT2D eigenvalue weighted by molar-refractivity contribution is -0.0585. The average Bonchev–Trinajstić information content (AvgIpc) is 2.79. The van der Waals surface area contributed by atoms with E-state index in [1.807, 2.05) is 35.2 Å². The predicted molar refractivity (Wildman–Crippen MR) is 133 cm³/mol. The molecule has 0 saturated carbocycles. The number of aliphatic hydroxyl groups is 1. The molecule has 0 unspecified atom stereocenters. The number of nitrogens with one attached hydrogen (secondary N) is 1. The van der Waals surface area contributed by atoms with Crippen molar-refractivity contribution in [3.63, 3.8) is 0 Å². The number of hydrogen-bond donors (Lipinski definition) is 2. The number of amides is 2. The minimum atomic E-state index is -0.0509. The summed E-state index contributed by atoms with van der Waals surface area (Å²) in [4.78, 5) is 17.4. The van der Waals surface area contributed by atoms with Gasteiger partial charge in [-0.3, -0.25) is 4.90 Å². The van der Waals surface area contributed by atoms with Crippen LogP contribution in [0.1, 0.15) is 50.2 Å². The lowest BCUT2D eigenvalue weighted by atomic mass is 9.74. The summed E-state index contributed by atoms with van der Waals surface area (Å²) in [5.41, 5.74) is 3.06. The lowest BCUT2D eigenvalue weighted by Gasteiger charge is -2.57. The summed E-state index contributed by atoms with van der Waals surface area (Å²) in [7, 11) is 0. The third kappa shape index (κ3) is 5.58. The molecule has 0 spiro atoms. The molecule has 2 amide bonds. The van der Waals surface area contributed by atoms with Crippen LogP contribution in [0.2, 0.25) is 0 Å². The van der Waals surface area contributed by atoms with Crippen LogP contribution in [0, 0.1) is 17.8 Å². The Hall–Kier alpha value is -2.81. The number of anilines is 1. The van der Waals surface area contributed by atoms with Gasteiger partial charge in [0.2, 0.25) is 0 Å². The summed E-state index contributed by atoms with van der Waals surface area (Å²) in [6.45, 7) is 6.87. The summed E-state index contributed by atoms with van der Waals surface area (Å²) < 4.78 is 0. The summed E-state index contributed by atoms with van der Waals surface area (Å²) >= 11 is 0. The summed E-state index contributed by atoms with van der Waals surface area (Å²) in [6, 6.07) is 18.3. The first kappa shape index (κ1) is 23.4. The molecule has 174 valence electrons. The van der Waals surface area contributed by atoms with Crippen LogP contribution in [0.4, 0.5) is 10.5 Å². The largest absolute Gasteiger partial charge is 0.395 e. The summed E-state index contributed by atoms with van der Waals surface area (Å²) in [5, 5.41) is 13.2. The monoisotopic (exact) mass is 445 g/mol. The zero-order valence-electron chi connectivity index (χ0n) is 19.7. The highest BCUT2D eigenvalue weighted by molar-refractivity contribution is 5.89. The van der Waals surface area contributed by atoms with Crippen LogP contribution < -0.4 is 5.32 Å². The number of rotatable bonds is 4. The van der Waals surface area contributed by atoms with Crippen molar-refractivity contribution in [2.45, 2.75) is 51.1 Å². The second-order valence-corrected chi connectivity index (χ2v) is 9.55. The molecule has 2 heterocycles. The highest BCUT2D eigenvalue weighted by Crippen LogP contribution is 2.42. The molecule has 5 nitrogen and oxygen atoms in total. The van der Waals surface area contributed by atoms with Gasteiger partial charge in [0.1, 0.15) is 0 Å². The van der Waals surface area contributed by atoms with Crippen molar-refractivity contribution in [3.8, 4) is 11.8 Å². The van der Waals surface area contributed by atoms with E-state index in [1.54, 1.807) is 0 Å². The van der Waals surface area contributed by atoms with Crippen molar-refractivity contribution in [2.24, 2.45) is 5.92 Å². The van der Waals surface area contributed by atoms with E-state index in [0.717, 1.165) is 43.6 Å². The predicted octanol–water partition coefficient (Wildman–Crippen LogP) is 4.54. The molecule has 5 heteroatoms. The second-order valence-electron chi connectivity index (χ2n) is 9.55. The molecule has 33 heavy (non-hydrogen) atoms. The van der Waals surface area contributed by atoms with Gasteiger partial charge in [-0.2, -0.15) is 0 Å². The van der Waals surface area contributed by atoms with Gasteiger partial charge in [0.25, 0.3) is 0 Å². The van der Waals surface area contributed by atoms with Crippen LogP contribution in [0.25, 0.3) is 0 Å². The van der Waals surface area contributed by atoms with E-state index in [1.165, 1.54) is 5.56 Å². The highest BCUT2D eigenvalue weighted by atomic mass is 16.3. The van der Waals surface area contributed by atoms with Gasteiger partial charge in [-0.05, 0) is 55.1 Å². The number of carbonyl (C=O) groups excluding carboxylic acids is 1. The minimum absolute atomic E-state index is 0.0509. The number of benzene rings is 2. The van der Waals surface area contributed by atoms with Gasteiger partial charge < -0.3 is 15.3 Å². The first-order valence-electron chi connectivity index (χ1n) is 12.1. The first-order valence-corrected chi connectivity index (χ1v) is 12.1. The molecule has 4 rings (SSSR count). The fourth-order valence-electron chi connectivity index (χ4n) is 4.99. The van der Waals surface area contributed by atoms with E-state index in [4.69, 9.17) is 0 Å². The number of fused-ring (bicyclic) bond motifs is 1. The van der Waals surface area contributed by atoms with E-state index in [2.05, 4.69) is 60.2 Å². The van der Waals surface area contributed by atoms with Crippen LogP contribution in [0.15, 0.2) is 54.6 Å². The first-order chi connectivity index (χ1) is 16.1. The van der Waals surface area contributed by atoms with Crippen molar-refractivity contribution in [1.82, 2.24) is 9.80 Å². The Kier molecular flexibility index (Phi) is 7.69. The van der Waals surface area contributed by atoms with Gasteiger partial charge in [-0.15, -0.1) is 0 Å². The lowest BCUT2D eigenvalue weighted by Crippen LogP contribution is -2.68. The Balaban J connectivity index is 1.49. The molecular formula is C28H35N3O2. The number of para-hydroxylation sites is 1. The van der Waals surface area contributed by atoms with E-state index in [9.17, 15) is 9.90 Å². The number of aliphatic hydroxyl groups excluding tert-OH is 1. The second kappa shape index (κ2) is 10.9. The molecule has 0 aromatic heterocycles. The van der Waals surface area contributed by atoms with Crippen LogP contribution in [0.5, 0.6) is 0 Å². The molecule has 0 bridgehead atoms. The normalized spacial score (nSPS) is 22.9. The van der Waals surface area contributed by atoms with Crippen molar-refractivity contribution >= 4 is 11.7 Å². The number of urea groups is 1. The maximum absolute atomic E-state index is 13.0. The zero-order valence-corrected chi connectivity index (χ0v) is 19.7. The van der Waals surface area contributed by atoms with Crippen molar-refractivity contribution in [2.75, 3.05) is 31.6 Å². The Morgan fingerprint density at radius 2 is 1.82 bits per heavy atom. The Bertz CT molecular complexity index is 978. The van der Waals surface area contributed by atoms with Crippen LogP contribution in [0.3, 0.4) is 0 Å². The van der Waals surface area contributed by atoms with E-state index < -0.39 is 0 Å². The molecule has 2 aliphatic rings. The molecule has 2 aliphatic heterocycles. The smallest absolute Gasteiger partial charge is 0.321 e. The average molecular weight is 446 g/mol. The van der Waals surface area contributed by atoms with Crippen molar-refractivity contribution < 1.29 is 9.90 Å². The third-order valence-electron chi connectivity index (χ3n) is 6.72. The molecular weight excluding hydrogens is 410 g/mol. The molecule has 2 aromatic carbocycles. The Labute approximate surface area is 197 Å². The van der Waals surface area contributed by atoms with E-state index >= 15 is 0 Å². The van der Waals surface area contributed by atoms with Gasteiger partial charge in [0.15, 0.2) is 0 Å². The Morgan fingerprint density at radius 1 is 1.09 bits per heavy atom. The van der Waals surface area contributed by atoms with Crippen LogP contribution in [-0.4, -0.2) is 59.3 Å². The maximum atomic E-state index is 13.0. The quantitative estimate of drug-likeness (QED) is 0.680. The van der Waals surface area contributed by atoms with E-state index in [-0.39, 0.29) is 30.6 Å². The molecule has 2 saturated heterocycles. The SMILES string of the molecule is CC(C)CC#Cc1ccc([C@H]2[C@@H](CO)N3CCCCN(C(=O)Nc4ccccc4)C[C@@H]23)cc1. The third-order valence-corrected chi connectivity index (χ3v) is 6.72. The van der Waals surface area contributed by atoms with Gasteiger partial charge in [0, 0.05) is 48.8 Å². The number of carbonyl (C=O) groups is 1. The Morgan fingerprint density at radius 3 is 2.52 bits per heavy atom. The highest BCUT2D eigenvalue weighted by Gasteiger charge is 2.49. The standard InChI is InChI=1S/C28H35N3O2/c1-21(2)9-8-10-22-13-15-23(16-14-22)27-25-19-30(17-6-7-18-31(25)26(27)20-32)28(33)29-24-11-4-3-5-12-24/h3-5,11-16,21,25-27,32H,6-7,9,17-20H2,1-2H3,(H,29,33)/t25-,26+,27+/m0/s1. The van der Waals surface area contributed by atoms with Crippen molar-refractivity contribution in [1.29, 1.82) is 0 Å². The summed E-state index contributed by atoms with van der Waals surface area (Å²) in [5.74, 6) is 7.28. The van der Waals surface area contributed by atoms with Gasteiger partial charge in [-0.25, -0.2) is 4.79 Å². The number of hydrogen-bond acceptors (Lipinski definition) is 3. The van der Waals surface area contributed by atoms with Crippen LogP contribution >= 0.6 is 0 Å². The van der Waals surface area contributed by atoms with Gasteiger partial charge in [0.05, 0.1) is 6.61 Å². The van der Waals surface area contributed by atoms with Gasteiger partial charge >= 0.3 is 6.03 Å². The molecule has 2 fully saturated rings. The number of nitrogens with zero attached hydrogens (tertiary/aromatic N) is 2. The zero-order chi connectivity index (χ0) is 23.2. The van der Waals surface area contributed by atoms with Crippen molar-refractivity contribution in [3.05, 3.63) is 65.7 Å². The molecule has 3 atom stereocenters. The molecule has 0 aliphatic carbocycles. The summed E-state index contributed by atoms with van der Waals surface area (Å²) in [6.07, 6.45) is 2.89. The molecule has 2 N–H and O–H groups in total. The fourth-order valence-corrected chi connectivity index (χ4v) is 4.99.